The van der Waals surface area contributed by atoms with Crippen molar-refractivity contribution in [3.05, 3.63) is 71.3 Å². The molecule has 0 bridgehead atoms. The third-order valence-corrected chi connectivity index (χ3v) is 2.87. The Hall–Kier alpha value is -1.82. The fraction of sp³-hybridized carbons (Fsp3) is 0.176. The van der Waals surface area contributed by atoms with Gasteiger partial charge in [0.25, 0.3) is 0 Å². The predicted molar refractivity (Wildman–Crippen MR) is 75.9 cm³/mol. The molecule has 2 aromatic carbocycles. The van der Waals surface area contributed by atoms with Gasteiger partial charge in [-0.1, -0.05) is 80.6 Å². The lowest BCUT2D eigenvalue weighted by Gasteiger charge is -2.08. The molecule has 0 aliphatic heterocycles. The minimum absolute atomic E-state index is 0.562. The van der Waals surface area contributed by atoms with Crippen LogP contribution in [0.2, 0.25) is 0 Å². The Kier molecular flexibility index (Phi) is 3.77. The lowest BCUT2D eigenvalue weighted by Crippen LogP contribution is -1.90. The highest BCUT2D eigenvalue weighted by atomic mass is 14.1. The molecule has 2 aromatic rings. The van der Waals surface area contributed by atoms with Crippen LogP contribution in [0.15, 0.2) is 54.6 Å². The molecule has 0 aliphatic carbocycles. The molecule has 0 N–H and O–H groups in total. The second kappa shape index (κ2) is 5.49. The Morgan fingerprint density at radius 1 is 0.765 bits per heavy atom. The quantitative estimate of drug-likeness (QED) is 0.642. The second-order valence-electron chi connectivity index (χ2n) is 4.53. The molecular formula is C17H18. The Morgan fingerprint density at radius 2 is 1.41 bits per heavy atom. The maximum Gasteiger partial charge on any atom is -0.0213 e. The summed E-state index contributed by atoms with van der Waals surface area (Å²) in [5, 5.41) is 0. The minimum atomic E-state index is 0.562. The van der Waals surface area contributed by atoms with Gasteiger partial charge < -0.3 is 0 Å². The molecule has 0 aromatic heterocycles. The largest absolute Gasteiger partial charge is 0.0622 e. The van der Waals surface area contributed by atoms with E-state index in [9.17, 15) is 0 Å². The van der Waals surface area contributed by atoms with E-state index in [1.807, 2.05) is 6.07 Å². The first kappa shape index (κ1) is 11.7. The number of hydrogen-bond donors (Lipinski definition) is 0. The highest BCUT2D eigenvalue weighted by Gasteiger charge is 2.02. The fourth-order valence-electron chi connectivity index (χ4n) is 1.94. The van der Waals surface area contributed by atoms with E-state index in [4.69, 9.17) is 0 Å². The number of hydrogen-bond acceptors (Lipinski definition) is 0. The van der Waals surface area contributed by atoms with E-state index < -0.39 is 0 Å². The van der Waals surface area contributed by atoms with Crippen LogP contribution in [-0.4, -0.2) is 0 Å². The second-order valence-corrected chi connectivity index (χ2v) is 4.53. The van der Waals surface area contributed by atoms with E-state index in [1.165, 1.54) is 16.7 Å². The summed E-state index contributed by atoms with van der Waals surface area (Å²) in [5.41, 5.74) is 3.96. The molecule has 0 atom stereocenters. The maximum atomic E-state index is 2.23. The van der Waals surface area contributed by atoms with Crippen molar-refractivity contribution in [1.82, 2.24) is 0 Å². The normalized spacial score (nSPS) is 11.2. The Balaban J connectivity index is 2.27. The summed E-state index contributed by atoms with van der Waals surface area (Å²) in [6.45, 7) is 4.46. The summed E-state index contributed by atoms with van der Waals surface area (Å²) < 4.78 is 0. The van der Waals surface area contributed by atoms with E-state index in [0.29, 0.717) is 5.92 Å². The first-order chi connectivity index (χ1) is 8.27. The Bertz CT molecular complexity index is 492. The van der Waals surface area contributed by atoms with Gasteiger partial charge in [-0.25, -0.2) is 0 Å². The van der Waals surface area contributed by atoms with Crippen molar-refractivity contribution >= 4 is 12.2 Å². The molecule has 0 nitrogen and oxygen atoms in total. The van der Waals surface area contributed by atoms with Gasteiger partial charge in [-0.3, -0.25) is 0 Å². The Labute approximate surface area is 104 Å². The summed E-state index contributed by atoms with van der Waals surface area (Å²) in [6, 6.07) is 19.0. The topological polar surface area (TPSA) is 0 Å². The standard InChI is InChI=1S/C17H18/c1-14(2)17-11-7-6-10-16(17)13-12-15-8-4-3-5-9-15/h3-14H,1-2H3/b13-12-. The third-order valence-electron chi connectivity index (χ3n) is 2.87. The van der Waals surface area contributed by atoms with E-state index in [2.05, 4.69) is 74.5 Å². The molecule has 0 aliphatic rings. The summed E-state index contributed by atoms with van der Waals surface area (Å²) in [5.74, 6) is 0.562. The molecule has 0 amide bonds. The number of rotatable bonds is 3. The highest BCUT2D eigenvalue weighted by molar-refractivity contribution is 5.71. The maximum absolute atomic E-state index is 2.23. The molecule has 2 rings (SSSR count). The first-order valence-corrected chi connectivity index (χ1v) is 6.09. The Morgan fingerprint density at radius 3 is 2.12 bits per heavy atom. The molecule has 0 spiro atoms. The van der Waals surface area contributed by atoms with Crippen LogP contribution in [0.5, 0.6) is 0 Å². The zero-order chi connectivity index (χ0) is 12.1. The molecule has 0 fully saturated rings. The molecule has 0 heterocycles. The monoisotopic (exact) mass is 222 g/mol. The van der Waals surface area contributed by atoms with Gasteiger partial charge >= 0.3 is 0 Å². The van der Waals surface area contributed by atoms with Crippen molar-refractivity contribution in [2.45, 2.75) is 19.8 Å². The predicted octanol–water partition coefficient (Wildman–Crippen LogP) is 4.98. The molecule has 0 saturated heterocycles. The average molecular weight is 222 g/mol. The summed E-state index contributed by atoms with van der Waals surface area (Å²) in [6.07, 6.45) is 4.37. The average Bonchev–Trinajstić information content (AvgIpc) is 2.38. The van der Waals surface area contributed by atoms with Gasteiger partial charge in [0.05, 0.1) is 0 Å². The van der Waals surface area contributed by atoms with Crippen molar-refractivity contribution in [3.8, 4) is 0 Å². The van der Waals surface area contributed by atoms with Crippen molar-refractivity contribution < 1.29 is 0 Å². The van der Waals surface area contributed by atoms with Gasteiger partial charge in [0.15, 0.2) is 0 Å². The van der Waals surface area contributed by atoms with Crippen LogP contribution in [0.4, 0.5) is 0 Å². The lowest BCUT2D eigenvalue weighted by molar-refractivity contribution is 0.864. The van der Waals surface area contributed by atoms with Gasteiger partial charge in [-0.05, 0) is 22.6 Å². The van der Waals surface area contributed by atoms with Gasteiger partial charge in [0.1, 0.15) is 0 Å². The minimum Gasteiger partial charge on any atom is -0.0622 e. The van der Waals surface area contributed by atoms with Crippen LogP contribution >= 0.6 is 0 Å². The van der Waals surface area contributed by atoms with Crippen molar-refractivity contribution in [2.24, 2.45) is 0 Å². The van der Waals surface area contributed by atoms with Crippen LogP contribution < -0.4 is 0 Å². The molecule has 86 valence electrons. The third kappa shape index (κ3) is 3.07. The van der Waals surface area contributed by atoms with Crippen LogP contribution in [0.1, 0.15) is 36.5 Å². The van der Waals surface area contributed by atoms with Gasteiger partial charge in [0.2, 0.25) is 0 Å². The van der Waals surface area contributed by atoms with Crippen molar-refractivity contribution in [3.63, 3.8) is 0 Å². The van der Waals surface area contributed by atoms with Crippen LogP contribution in [0.25, 0.3) is 12.2 Å². The lowest BCUT2D eigenvalue weighted by atomic mass is 9.97. The van der Waals surface area contributed by atoms with Crippen molar-refractivity contribution in [2.75, 3.05) is 0 Å². The SMILES string of the molecule is CC(C)c1ccccc1/C=C\c1ccccc1. The van der Waals surface area contributed by atoms with Gasteiger partial charge in [0, 0.05) is 0 Å². The van der Waals surface area contributed by atoms with Gasteiger partial charge in [-0.2, -0.15) is 0 Å². The number of benzene rings is 2. The van der Waals surface area contributed by atoms with E-state index >= 15 is 0 Å². The fourth-order valence-corrected chi connectivity index (χ4v) is 1.94. The molecule has 0 heteroatoms. The zero-order valence-corrected chi connectivity index (χ0v) is 10.4. The molecule has 0 unspecified atom stereocenters. The molecule has 17 heavy (non-hydrogen) atoms. The molecule has 0 radical (unpaired) electrons. The first-order valence-electron chi connectivity index (χ1n) is 6.09. The summed E-state index contributed by atoms with van der Waals surface area (Å²) >= 11 is 0. The van der Waals surface area contributed by atoms with E-state index in [1.54, 1.807) is 0 Å². The molecular weight excluding hydrogens is 204 g/mol. The van der Waals surface area contributed by atoms with Gasteiger partial charge in [-0.15, -0.1) is 0 Å². The van der Waals surface area contributed by atoms with Crippen LogP contribution in [-0.2, 0) is 0 Å². The van der Waals surface area contributed by atoms with E-state index in [0.717, 1.165) is 0 Å². The summed E-state index contributed by atoms with van der Waals surface area (Å²) in [7, 11) is 0. The van der Waals surface area contributed by atoms with Crippen molar-refractivity contribution in [1.29, 1.82) is 0 Å². The molecule has 0 saturated carbocycles. The summed E-state index contributed by atoms with van der Waals surface area (Å²) in [4.78, 5) is 0. The van der Waals surface area contributed by atoms with Crippen LogP contribution in [0, 0.1) is 0 Å². The van der Waals surface area contributed by atoms with Crippen LogP contribution in [0.3, 0.4) is 0 Å². The van der Waals surface area contributed by atoms with E-state index in [-0.39, 0.29) is 0 Å². The smallest absolute Gasteiger partial charge is 0.0213 e. The zero-order valence-electron chi connectivity index (χ0n) is 10.4. The highest BCUT2D eigenvalue weighted by Crippen LogP contribution is 2.21.